The van der Waals surface area contributed by atoms with Crippen molar-refractivity contribution in [1.29, 1.82) is 0 Å². The van der Waals surface area contributed by atoms with Gasteiger partial charge in [-0.1, -0.05) is 31.2 Å². The van der Waals surface area contributed by atoms with E-state index in [1.807, 2.05) is 31.2 Å². The molecule has 90 valence electrons. The lowest BCUT2D eigenvalue weighted by Gasteiger charge is -2.26. The van der Waals surface area contributed by atoms with Gasteiger partial charge >= 0.3 is 5.97 Å². The van der Waals surface area contributed by atoms with Gasteiger partial charge in [0, 0.05) is 5.92 Å². The molecule has 0 heterocycles. The van der Waals surface area contributed by atoms with E-state index in [1.165, 1.54) is 0 Å². The fourth-order valence-electron chi connectivity index (χ4n) is 2.34. The van der Waals surface area contributed by atoms with Crippen LogP contribution < -0.4 is 0 Å². The van der Waals surface area contributed by atoms with Crippen molar-refractivity contribution in [3.05, 3.63) is 35.4 Å². The van der Waals surface area contributed by atoms with Crippen molar-refractivity contribution < 1.29 is 14.3 Å². The Labute approximate surface area is 101 Å². The minimum Gasteiger partial charge on any atom is -0.465 e. The third kappa shape index (κ3) is 2.09. The molecule has 0 saturated carbocycles. The lowest BCUT2D eigenvalue weighted by Crippen LogP contribution is -2.34. The van der Waals surface area contributed by atoms with Gasteiger partial charge in [0.2, 0.25) is 0 Å². The number of hydrogen-bond acceptors (Lipinski definition) is 3. The molecule has 0 aliphatic heterocycles. The smallest absolute Gasteiger partial charge is 0.321 e. The number of hydrogen-bond donors (Lipinski definition) is 0. The van der Waals surface area contributed by atoms with Gasteiger partial charge in [-0.2, -0.15) is 0 Å². The minimum absolute atomic E-state index is 0.0258. The Morgan fingerprint density at radius 1 is 1.41 bits per heavy atom. The third-order valence-electron chi connectivity index (χ3n) is 3.18. The second kappa shape index (κ2) is 4.70. The van der Waals surface area contributed by atoms with Gasteiger partial charge in [0.1, 0.15) is 5.92 Å². The van der Waals surface area contributed by atoms with E-state index in [2.05, 4.69) is 0 Å². The molecule has 0 amide bonds. The zero-order chi connectivity index (χ0) is 12.4. The van der Waals surface area contributed by atoms with E-state index >= 15 is 0 Å². The summed E-state index contributed by atoms with van der Waals surface area (Å²) in [5, 5.41) is 0. The van der Waals surface area contributed by atoms with E-state index in [0.29, 0.717) is 13.0 Å². The highest BCUT2D eigenvalue weighted by Gasteiger charge is 2.38. The molecule has 1 aliphatic rings. The van der Waals surface area contributed by atoms with Crippen molar-refractivity contribution in [2.24, 2.45) is 5.92 Å². The fraction of sp³-hybridized carbons (Fsp3) is 0.429. The molecule has 0 saturated heterocycles. The topological polar surface area (TPSA) is 43.4 Å². The molecule has 2 atom stereocenters. The largest absolute Gasteiger partial charge is 0.465 e. The van der Waals surface area contributed by atoms with Gasteiger partial charge in [0.15, 0.2) is 5.78 Å². The lowest BCUT2D eigenvalue weighted by molar-refractivity contribution is -0.149. The van der Waals surface area contributed by atoms with Crippen LogP contribution in [0.25, 0.3) is 0 Å². The van der Waals surface area contributed by atoms with Crippen molar-refractivity contribution >= 4 is 11.8 Å². The van der Waals surface area contributed by atoms with E-state index in [1.54, 1.807) is 6.92 Å². The summed E-state index contributed by atoms with van der Waals surface area (Å²) in [5.74, 6) is -1.28. The van der Waals surface area contributed by atoms with Crippen LogP contribution in [0.5, 0.6) is 0 Å². The van der Waals surface area contributed by atoms with Crippen molar-refractivity contribution in [1.82, 2.24) is 0 Å². The van der Waals surface area contributed by atoms with Gasteiger partial charge in [-0.05, 0) is 24.5 Å². The molecule has 0 fully saturated rings. The first kappa shape index (κ1) is 11.8. The third-order valence-corrected chi connectivity index (χ3v) is 3.18. The molecule has 17 heavy (non-hydrogen) atoms. The Bertz CT molecular complexity index is 451. The summed E-state index contributed by atoms with van der Waals surface area (Å²) in [4.78, 5) is 24.0. The molecule has 0 aromatic heterocycles. The molecule has 1 aromatic carbocycles. The zero-order valence-electron chi connectivity index (χ0n) is 10.1. The maximum Gasteiger partial charge on any atom is 0.321 e. The summed E-state index contributed by atoms with van der Waals surface area (Å²) in [6, 6.07) is 7.61. The summed E-state index contributed by atoms with van der Waals surface area (Å²) in [7, 11) is 0. The summed E-state index contributed by atoms with van der Waals surface area (Å²) in [6.07, 6.45) is 0.713. The summed E-state index contributed by atoms with van der Waals surface area (Å²) >= 11 is 0. The molecule has 3 heteroatoms. The van der Waals surface area contributed by atoms with Gasteiger partial charge in [-0.25, -0.2) is 0 Å². The lowest BCUT2D eigenvalue weighted by atomic mass is 9.76. The molecule has 0 radical (unpaired) electrons. The van der Waals surface area contributed by atoms with Crippen LogP contribution in [0.1, 0.15) is 30.9 Å². The van der Waals surface area contributed by atoms with E-state index in [-0.39, 0.29) is 11.7 Å². The van der Waals surface area contributed by atoms with E-state index < -0.39 is 11.9 Å². The Kier molecular flexibility index (Phi) is 3.27. The Morgan fingerprint density at radius 3 is 2.82 bits per heavy atom. The van der Waals surface area contributed by atoms with Gasteiger partial charge in [0.05, 0.1) is 6.61 Å². The Morgan fingerprint density at radius 2 is 2.12 bits per heavy atom. The van der Waals surface area contributed by atoms with Crippen LogP contribution in [0.2, 0.25) is 0 Å². The number of ketones is 1. The van der Waals surface area contributed by atoms with Gasteiger partial charge < -0.3 is 4.74 Å². The standard InChI is InChI=1S/C14H16O3/c1-3-17-14(16)12-11-7-5-4-6-10(11)8-9(2)13(12)15/h4-7,9,12H,3,8H2,1-2H3. The maximum atomic E-state index is 12.1. The van der Waals surface area contributed by atoms with Crippen LogP contribution >= 0.6 is 0 Å². The van der Waals surface area contributed by atoms with Crippen LogP contribution in [0.4, 0.5) is 0 Å². The highest BCUT2D eigenvalue weighted by atomic mass is 16.5. The molecule has 2 rings (SSSR count). The van der Waals surface area contributed by atoms with E-state index in [4.69, 9.17) is 4.74 Å². The van der Waals surface area contributed by atoms with Crippen LogP contribution in [0.15, 0.2) is 24.3 Å². The van der Waals surface area contributed by atoms with Crippen molar-refractivity contribution in [3.8, 4) is 0 Å². The second-order valence-corrected chi connectivity index (χ2v) is 4.39. The van der Waals surface area contributed by atoms with Crippen LogP contribution in [-0.2, 0) is 20.7 Å². The van der Waals surface area contributed by atoms with Crippen molar-refractivity contribution in [2.75, 3.05) is 6.61 Å². The second-order valence-electron chi connectivity index (χ2n) is 4.39. The molecule has 2 unspecified atom stereocenters. The highest BCUT2D eigenvalue weighted by molar-refractivity contribution is 6.06. The highest BCUT2D eigenvalue weighted by Crippen LogP contribution is 2.32. The average Bonchev–Trinajstić information content (AvgIpc) is 2.31. The minimum atomic E-state index is -0.727. The van der Waals surface area contributed by atoms with Crippen molar-refractivity contribution in [2.45, 2.75) is 26.2 Å². The average molecular weight is 232 g/mol. The first-order valence-electron chi connectivity index (χ1n) is 5.93. The fourth-order valence-corrected chi connectivity index (χ4v) is 2.34. The van der Waals surface area contributed by atoms with Gasteiger partial charge in [0.25, 0.3) is 0 Å². The molecule has 1 aromatic rings. The number of fused-ring (bicyclic) bond motifs is 1. The summed E-state index contributed by atoms with van der Waals surface area (Å²) < 4.78 is 5.00. The number of benzene rings is 1. The summed E-state index contributed by atoms with van der Waals surface area (Å²) in [5.41, 5.74) is 1.90. The number of carbonyl (C=O) groups is 2. The number of Topliss-reactive ketones (excluding diaryl/α,β-unsaturated/α-hetero) is 1. The Hall–Kier alpha value is -1.64. The molecular formula is C14H16O3. The first-order chi connectivity index (χ1) is 8.15. The zero-order valence-corrected chi connectivity index (χ0v) is 10.1. The molecule has 0 bridgehead atoms. The van der Waals surface area contributed by atoms with E-state index in [9.17, 15) is 9.59 Å². The normalized spacial score (nSPS) is 23.1. The molecular weight excluding hydrogens is 216 g/mol. The molecule has 0 N–H and O–H groups in total. The number of rotatable bonds is 2. The first-order valence-corrected chi connectivity index (χ1v) is 5.93. The Balaban J connectivity index is 2.42. The monoisotopic (exact) mass is 232 g/mol. The van der Waals surface area contributed by atoms with Crippen LogP contribution in [-0.4, -0.2) is 18.4 Å². The van der Waals surface area contributed by atoms with Gasteiger partial charge in [-0.3, -0.25) is 9.59 Å². The predicted molar refractivity (Wildman–Crippen MR) is 63.7 cm³/mol. The van der Waals surface area contributed by atoms with Gasteiger partial charge in [-0.15, -0.1) is 0 Å². The SMILES string of the molecule is CCOC(=O)C1C(=O)C(C)Cc2ccccc21. The predicted octanol–water partition coefficient (Wildman–Crippen LogP) is 2.09. The van der Waals surface area contributed by atoms with Crippen LogP contribution in [0.3, 0.4) is 0 Å². The maximum absolute atomic E-state index is 12.1. The molecule has 0 spiro atoms. The number of ether oxygens (including phenoxy) is 1. The van der Waals surface area contributed by atoms with Crippen molar-refractivity contribution in [3.63, 3.8) is 0 Å². The quantitative estimate of drug-likeness (QED) is 0.579. The molecule has 3 nitrogen and oxygen atoms in total. The summed E-state index contributed by atoms with van der Waals surface area (Å²) in [6.45, 7) is 3.92. The van der Waals surface area contributed by atoms with Crippen LogP contribution in [0, 0.1) is 5.92 Å². The number of esters is 1. The molecule has 1 aliphatic carbocycles. The number of carbonyl (C=O) groups excluding carboxylic acids is 2. The van der Waals surface area contributed by atoms with E-state index in [0.717, 1.165) is 11.1 Å².